The molecule has 2 fully saturated rings. The standard InChI is InChI=1S/C24H34N8O3S/c1-18-17-19(2)27-22(26-18)28-23(29-24(36)25-6-4-7-30-12-15-34-16-13-30)32-10-8-31(9-11-32)21(33)20-5-3-14-35-20/h3,5,14,17H,4,6-13,15-16H2,1-2H3,(H2,25,26,27,28,29,36). The molecule has 4 rings (SSSR count). The molecule has 194 valence electrons. The van der Waals surface area contributed by atoms with E-state index in [4.69, 9.17) is 21.4 Å². The van der Waals surface area contributed by atoms with Crippen LogP contribution in [0.1, 0.15) is 28.4 Å². The van der Waals surface area contributed by atoms with Crippen LogP contribution < -0.4 is 10.6 Å². The van der Waals surface area contributed by atoms with Crippen molar-refractivity contribution in [3.8, 4) is 0 Å². The number of aliphatic imine (C=N–C) groups is 1. The number of guanidine groups is 1. The molecule has 0 atom stereocenters. The number of ether oxygens (including phenoxy) is 1. The normalized spacial score (nSPS) is 17.2. The van der Waals surface area contributed by atoms with Crippen LogP contribution in [0.25, 0.3) is 0 Å². The molecule has 2 aliphatic heterocycles. The van der Waals surface area contributed by atoms with E-state index in [9.17, 15) is 4.79 Å². The van der Waals surface area contributed by atoms with Crippen LogP contribution in [0.3, 0.4) is 0 Å². The highest BCUT2D eigenvalue weighted by Gasteiger charge is 2.26. The van der Waals surface area contributed by atoms with Crippen LogP contribution in [0.5, 0.6) is 0 Å². The molecule has 0 bridgehead atoms. The van der Waals surface area contributed by atoms with Gasteiger partial charge in [-0.2, -0.15) is 4.99 Å². The number of morpholine rings is 1. The summed E-state index contributed by atoms with van der Waals surface area (Å²) in [5.41, 5.74) is 1.73. The van der Waals surface area contributed by atoms with Gasteiger partial charge >= 0.3 is 0 Å². The molecular weight excluding hydrogens is 480 g/mol. The summed E-state index contributed by atoms with van der Waals surface area (Å²) < 4.78 is 10.7. The number of aryl methyl sites for hydroxylation is 2. The summed E-state index contributed by atoms with van der Waals surface area (Å²) in [6.45, 7) is 11.4. The van der Waals surface area contributed by atoms with E-state index < -0.39 is 0 Å². The van der Waals surface area contributed by atoms with Gasteiger partial charge in [-0.1, -0.05) is 0 Å². The molecule has 4 heterocycles. The minimum absolute atomic E-state index is 0.110. The van der Waals surface area contributed by atoms with Crippen molar-refractivity contribution in [3.05, 3.63) is 41.6 Å². The summed E-state index contributed by atoms with van der Waals surface area (Å²) >= 11 is 5.54. The molecule has 0 radical (unpaired) electrons. The van der Waals surface area contributed by atoms with Gasteiger partial charge in [-0.25, -0.2) is 9.97 Å². The molecule has 12 heteroatoms. The van der Waals surface area contributed by atoms with Gasteiger partial charge in [-0.05, 0) is 57.2 Å². The van der Waals surface area contributed by atoms with E-state index in [-0.39, 0.29) is 5.91 Å². The van der Waals surface area contributed by atoms with Crippen LogP contribution in [0, 0.1) is 13.8 Å². The molecule has 0 unspecified atom stereocenters. The number of piperazine rings is 1. The second-order valence-corrected chi connectivity index (χ2v) is 9.22. The highest BCUT2D eigenvalue weighted by Crippen LogP contribution is 2.12. The van der Waals surface area contributed by atoms with Gasteiger partial charge in [0.1, 0.15) is 0 Å². The van der Waals surface area contributed by atoms with Gasteiger partial charge in [0.2, 0.25) is 11.9 Å². The maximum Gasteiger partial charge on any atom is 0.289 e. The Labute approximate surface area is 216 Å². The van der Waals surface area contributed by atoms with Crippen LogP contribution >= 0.6 is 12.2 Å². The van der Waals surface area contributed by atoms with E-state index in [1.165, 1.54) is 6.26 Å². The van der Waals surface area contributed by atoms with Crippen molar-refractivity contribution < 1.29 is 13.9 Å². The third-order valence-corrected chi connectivity index (χ3v) is 6.28. The Morgan fingerprint density at radius 3 is 2.44 bits per heavy atom. The van der Waals surface area contributed by atoms with Crippen LogP contribution in [0.15, 0.2) is 33.9 Å². The SMILES string of the molecule is Cc1cc(C)nc(N/C(=N/C(=S)NCCCN2CCOCC2)N2CCN(C(=O)c3ccco3)CC2)n1. The van der Waals surface area contributed by atoms with Gasteiger partial charge in [0, 0.05) is 57.2 Å². The molecular formula is C24H34N8O3S. The van der Waals surface area contributed by atoms with Crippen molar-refractivity contribution in [3.63, 3.8) is 0 Å². The minimum Gasteiger partial charge on any atom is -0.459 e. The van der Waals surface area contributed by atoms with Gasteiger partial charge in [0.05, 0.1) is 19.5 Å². The van der Waals surface area contributed by atoms with Crippen molar-refractivity contribution in [2.24, 2.45) is 4.99 Å². The van der Waals surface area contributed by atoms with Gasteiger partial charge in [0.15, 0.2) is 10.9 Å². The summed E-state index contributed by atoms with van der Waals surface area (Å²) in [6, 6.07) is 5.32. The first-order valence-electron chi connectivity index (χ1n) is 12.3. The highest BCUT2D eigenvalue weighted by molar-refractivity contribution is 7.80. The van der Waals surface area contributed by atoms with Crippen molar-refractivity contribution in [1.82, 2.24) is 30.0 Å². The fraction of sp³-hybridized carbons (Fsp3) is 0.542. The van der Waals surface area contributed by atoms with Crippen LogP contribution in [0.2, 0.25) is 0 Å². The number of furan rings is 1. The molecule has 1 amide bonds. The summed E-state index contributed by atoms with van der Waals surface area (Å²) in [7, 11) is 0. The molecule has 11 nitrogen and oxygen atoms in total. The van der Waals surface area contributed by atoms with Crippen LogP contribution in [0.4, 0.5) is 5.95 Å². The van der Waals surface area contributed by atoms with Crippen LogP contribution in [-0.4, -0.2) is 107 Å². The summed E-state index contributed by atoms with van der Waals surface area (Å²) in [4.78, 5) is 32.6. The Morgan fingerprint density at radius 1 is 1.08 bits per heavy atom. The lowest BCUT2D eigenvalue weighted by Crippen LogP contribution is -2.52. The maximum atomic E-state index is 12.6. The molecule has 0 aromatic carbocycles. The zero-order valence-electron chi connectivity index (χ0n) is 20.9. The van der Waals surface area contributed by atoms with Gasteiger partial charge < -0.3 is 24.3 Å². The van der Waals surface area contributed by atoms with E-state index >= 15 is 0 Å². The lowest BCUT2D eigenvalue weighted by Gasteiger charge is -2.36. The molecule has 2 saturated heterocycles. The number of rotatable bonds is 6. The summed E-state index contributed by atoms with van der Waals surface area (Å²) in [5, 5.41) is 6.91. The first kappa shape index (κ1) is 26.0. The lowest BCUT2D eigenvalue weighted by atomic mass is 10.3. The Bertz CT molecular complexity index is 1030. The molecule has 2 aromatic heterocycles. The number of hydrogen-bond donors (Lipinski definition) is 2. The minimum atomic E-state index is -0.110. The zero-order chi connectivity index (χ0) is 25.3. The predicted molar refractivity (Wildman–Crippen MR) is 141 cm³/mol. The number of amides is 1. The third kappa shape index (κ3) is 7.45. The smallest absolute Gasteiger partial charge is 0.289 e. The van der Waals surface area contributed by atoms with Gasteiger partial charge in [-0.15, -0.1) is 0 Å². The van der Waals surface area contributed by atoms with Crippen molar-refractivity contribution in [1.29, 1.82) is 0 Å². The first-order valence-corrected chi connectivity index (χ1v) is 12.7. The zero-order valence-corrected chi connectivity index (χ0v) is 21.7. The maximum absolute atomic E-state index is 12.6. The first-order chi connectivity index (χ1) is 17.5. The average Bonchev–Trinajstić information content (AvgIpc) is 3.41. The fourth-order valence-electron chi connectivity index (χ4n) is 4.20. The summed E-state index contributed by atoms with van der Waals surface area (Å²) in [6.07, 6.45) is 2.48. The van der Waals surface area contributed by atoms with Crippen molar-refractivity contribution in [2.75, 3.05) is 70.9 Å². The Morgan fingerprint density at radius 2 is 1.78 bits per heavy atom. The monoisotopic (exact) mass is 514 g/mol. The highest BCUT2D eigenvalue weighted by atomic mass is 32.1. The number of aromatic nitrogens is 2. The number of hydrogen-bond acceptors (Lipinski definition) is 7. The number of nitrogens with zero attached hydrogens (tertiary/aromatic N) is 6. The lowest BCUT2D eigenvalue weighted by molar-refractivity contribution is 0.0376. The summed E-state index contributed by atoms with van der Waals surface area (Å²) in [5.74, 6) is 1.27. The van der Waals surface area contributed by atoms with E-state index in [1.54, 1.807) is 17.0 Å². The molecule has 2 N–H and O–H groups in total. The number of thiocarbonyl (C=S) groups is 1. The van der Waals surface area contributed by atoms with E-state index in [2.05, 4.69) is 35.4 Å². The van der Waals surface area contributed by atoms with Crippen molar-refractivity contribution >= 4 is 35.1 Å². The number of carbonyl (C=O) groups is 1. The van der Waals surface area contributed by atoms with Gasteiger partial charge in [-0.3, -0.25) is 15.0 Å². The average molecular weight is 515 g/mol. The second-order valence-electron chi connectivity index (χ2n) is 8.83. The van der Waals surface area contributed by atoms with Crippen LogP contribution in [-0.2, 0) is 4.74 Å². The van der Waals surface area contributed by atoms with E-state index in [1.807, 2.05) is 19.9 Å². The van der Waals surface area contributed by atoms with Gasteiger partial charge in [0.25, 0.3) is 5.91 Å². The third-order valence-electron chi connectivity index (χ3n) is 6.04. The number of nitrogens with one attached hydrogen (secondary N) is 2. The number of anilines is 1. The fourth-order valence-corrected chi connectivity index (χ4v) is 4.38. The molecule has 0 aliphatic carbocycles. The quantitative estimate of drug-likeness (QED) is 0.255. The largest absolute Gasteiger partial charge is 0.459 e. The van der Waals surface area contributed by atoms with Crippen molar-refractivity contribution in [2.45, 2.75) is 20.3 Å². The molecule has 2 aliphatic rings. The number of carbonyl (C=O) groups excluding carboxylic acids is 1. The second kappa shape index (κ2) is 12.7. The van der Waals surface area contributed by atoms with E-state index in [0.717, 1.165) is 57.2 Å². The predicted octanol–water partition coefficient (Wildman–Crippen LogP) is 1.51. The Hall–Kier alpha value is -3.09. The van der Waals surface area contributed by atoms with E-state index in [0.29, 0.717) is 49.0 Å². The topological polar surface area (TPSA) is 111 Å². The molecule has 0 saturated carbocycles. The molecule has 2 aromatic rings. The molecule has 36 heavy (non-hydrogen) atoms. The Balaban J connectivity index is 1.37. The Kier molecular flexibility index (Phi) is 9.20. The molecule has 0 spiro atoms.